The summed E-state index contributed by atoms with van der Waals surface area (Å²) in [5.74, 6) is 0. The molecule has 2 rings (SSSR count). The third-order valence-corrected chi connectivity index (χ3v) is 3.53. The van der Waals surface area contributed by atoms with E-state index in [1.165, 1.54) is 0 Å². The second-order valence-electron chi connectivity index (χ2n) is 6.67. The summed E-state index contributed by atoms with van der Waals surface area (Å²) in [6, 6.07) is 2.57. The summed E-state index contributed by atoms with van der Waals surface area (Å²) in [7, 11) is 0. The van der Waals surface area contributed by atoms with Gasteiger partial charge in [-0.3, -0.25) is 5.10 Å². The Balaban J connectivity index is 1.74. The first-order valence-electron chi connectivity index (χ1n) is 7.63. The molecule has 3 N–H and O–H groups in total. The lowest BCUT2D eigenvalue weighted by atomic mass is 9.91. The van der Waals surface area contributed by atoms with Crippen molar-refractivity contribution in [3.8, 4) is 0 Å². The van der Waals surface area contributed by atoms with Crippen LogP contribution in [0.3, 0.4) is 0 Å². The standard InChI is InChI=1S/C15H26N4O2/c1-15(2,3)21-14(20)18-12-6-4-5-11(9-12)16-10-13-7-8-17-19-13/h7-8,11-12,16H,4-6,9-10H2,1-3H3,(H,17,19)(H,18,20). The summed E-state index contributed by atoms with van der Waals surface area (Å²) in [5.41, 5.74) is 0.633. The van der Waals surface area contributed by atoms with Crippen molar-refractivity contribution in [3.63, 3.8) is 0 Å². The maximum absolute atomic E-state index is 11.8. The van der Waals surface area contributed by atoms with Crippen LogP contribution in [0.5, 0.6) is 0 Å². The lowest BCUT2D eigenvalue weighted by molar-refractivity contribution is 0.0488. The van der Waals surface area contributed by atoms with Crippen LogP contribution in [-0.4, -0.2) is 34.0 Å². The Kier molecular flexibility index (Phi) is 5.22. The molecular weight excluding hydrogens is 268 g/mol. The summed E-state index contributed by atoms with van der Waals surface area (Å²) < 4.78 is 5.31. The fourth-order valence-corrected chi connectivity index (χ4v) is 2.62. The molecule has 2 atom stereocenters. The molecule has 118 valence electrons. The molecule has 0 aromatic carbocycles. The fourth-order valence-electron chi connectivity index (χ4n) is 2.62. The van der Waals surface area contributed by atoms with Gasteiger partial charge in [-0.15, -0.1) is 0 Å². The van der Waals surface area contributed by atoms with Crippen molar-refractivity contribution in [1.29, 1.82) is 0 Å². The van der Waals surface area contributed by atoms with Crippen molar-refractivity contribution in [2.45, 2.75) is 70.7 Å². The minimum atomic E-state index is -0.447. The second-order valence-corrected chi connectivity index (χ2v) is 6.67. The Morgan fingerprint density at radius 3 is 2.86 bits per heavy atom. The minimum Gasteiger partial charge on any atom is -0.444 e. The minimum absolute atomic E-state index is 0.188. The van der Waals surface area contributed by atoms with Gasteiger partial charge in [0.1, 0.15) is 5.60 Å². The van der Waals surface area contributed by atoms with E-state index in [1.807, 2.05) is 26.8 Å². The first kappa shape index (κ1) is 15.8. The highest BCUT2D eigenvalue weighted by atomic mass is 16.6. The number of alkyl carbamates (subject to hydrolysis) is 1. The summed E-state index contributed by atoms with van der Waals surface area (Å²) >= 11 is 0. The van der Waals surface area contributed by atoms with Crippen molar-refractivity contribution in [1.82, 2.24) is 20.8 Å². The fraction of sp³-hybridized carbons (Fsp3) is 0.733. The molecule has 21 heavy (non-hydrogen) atoms. The number of amides is 1. The molecule has 1 amide bonds. The molecule has 1 aliphatic rings. The number of aromatic amines is 1. The van der Waals surface area contributed by atoms with E-state index >= 15 is 0 Å². The maximum Gasteiger partial charge on any atom is 0.407 e. The molecular formula is C15H26N4O2. The van der Waals surface area contributed by atoms with Crippen LogP contribution in [0.25, 0.3) is 0 Å². The monoisotopic (exact) mass is 294 g/mol. The Hall–Kier alpha value is -1.56. The van der Waals surface area contributed by atoms with Crippen LogP contribution in [0, 0.1) is 0 Å². The van der Waals surface area contributed by atoms with Crippen LogP contribution in [0.2, 0.25) is 0 Å². The maximum atomic E-state index is 11.8. The van der Waals surface area contributed by atoms with Gasteiger partial charge >= 0.3 is 6.09 Å². The average Bonchev–Trinajstić information content (AvgIpc) is 2.87. The number of hydrogen-bond donors (Lipinski definition) is 3. The Bertz CT molecular complexity index is 439. The number of carbonyl (C=O) groups is 1. The zero-order valence-electron chi connectivity index (χ0n) is 13.1. The second kappa shape index (κ2) is 6.93. The average molecular weight is 294 g/mol. The number of hydrogen-bond acceptors (Lipinski definition) is 4. The zero-order chi connectivity index (χ0) is 15.3. The smallest absolute Gasteiger partial charge is 0.407 e. The lowest BCUT2D eigenvalue weighted by Gasteiger charge is -2.31. The van der Waals surface area contributed by atoms with Crippen LogP contribution in [0.4, 0.5) is 4.79 Å². The third kappa shape index (κ3) is 5.75. The van der Waals surface area contributed by atoms with E-state index in [-0.39, 0.29) is 12.1 Å². The van der Waals surface area contributed by atoms with Crippen molar-refractivity contribution in [2.75, 3.05) is 0 Å². The van der Waals surface area contributed by atoms with Gasteiger partial charge in [0.25, 0.3) is 0 Å². The number of nitrogens with one attached hydrogen (secondary N) is 3. The molecule has 1 fully saturated rings. The van der Waals surface area contributed by atoms with Gasteiger partial charge < -0.3 is 15.4 Å². The predicted octanol–water partition coefficient (Wildman–Crippen LogP) is 2.34. The highest BCUT2D eigenvalue weighted by molar-refractivity contribution is 5.68. The quantitative estimate of drug-likeness (QED) is 0.796. The summed E-state index contributed by atoms with van der Waals surface area (Å²) in [4.78, 5) is 11.8. The van der Waals surface area contributed by atoms with Gasteiger partial charge in [-0.25, -0.2) is 4.79 Å². The van der Waals surface area contributed by atoms with Gasteiger partial charge in [0, 0.05) is 30.5 Å². The SMILES string of the molecule is CC(C)(C)OC(=O)NC1CCCC(NCc2ccn[nH]2)C1. The number of aromatic nitrogens is 2. The van der Waals surface area contributed by atoms with E-state index in [2.05, 4.69) is 20.8 Å². The number of carbonyl (C=O) groups excluding carboxylic acids is 1. The van der Waals surface area contributed by atoms with Crippen molar-refractivity contribution >= 4 is 6.09 Å². The lowest BCUT2D eigenvalue weighted by Crippen LogP contribution is -2.45. The van der Waals surface area contributed by atoms with Gasteiger partial charge in [0.15, 0.2) is 0 Å². The van der Waals surface area contributed by atoms with E-state index in [4.69, 9.17) is 4.74 Å². The first-order chi connectivity index (χ1) is 9.92. The molecule has 2 unspecified atom stereocenters. The van der Waals surface area contributed by atoms with Crippen LogP contribution < -0.4 is 10.6 Å². The topological polar surface area (TPSA) is 79.0 Å². The summed E-state index contributed by atoms with van der Waals surface area (Å²) in [6.45, 7) is 6.41. The molecule has 1 saturated carbocycles. The van der Waals surface area contributed by atoms with E-state index in [0.29, 0.717) is 6.04 Å². The molecule has 1 heterocycles. The molecule has 0 saturated heterocycles. The van der Waals surface area contributed by atoms with E-state index < -0.39 is 5.60 Å². The van der Waals surface area contributed by atoms with Crippen LogP contribution in [-0.2, 0) is 11.3 Å². The Morgan fingerprint density at radius 1 is 1.43 bits per heavy atom. The summed E-state index contributed by atoms with van der Waals surface area (Å²) in [6.07, 6.45) is 5.64. The van der Waals surface area contributed by atoms with Gasteiger partial charge in [0.2, 0.25) is 0 Å². The van der Waals surface area contributed by atoms with Gasteiger partial charge in [-0.2, -0.15) is 5.10 Å². The molecule has 0 aliphatic heterocycles. The number of ether oxygens (including phenoxy) is 1. The highest BCUT2D eigenvalue weighted by Crippen LogP contribution is 2.19. The van der Waals surface area contributed by atoms with E-state index in [9.17, 15) is 4.79 Å². The van der Waals surface area contributed by atoms with Crippen LogP contribution in [0.15, 0.2) is 12.3 Å². The Morgan fingerprint density at radius 2 is 2.19 bits per heavy atom. The molecule has 0 spiro atoms. The molecule has 1 aromatic heterocycles. The molecule has 1 aliphatic carbocycles. The number of nitrogens with zero attached hydrogens (tertiary/aromatic N) is 1. The van der Waals surface area contributed by atoms with Crippen molar-refractivity contribution in [3.05, 3.63) is 18.0 Å². The molecule has 6 heteroatoms. The summed E-state index contributed by atoms with van der Waals surface area (Å²) in [5, 5.41) is 13.4. The normalized spacial score (nSPS) is 22.8. The van der Waals surface area contributed by atoms with Crippen LogP contribution in [0.1, 0.15) is 52.1 Å². The first-order valence-corrected chi connectivity index (χ1v) is 7.63. The van der Waals surface area contributed by atoms with E-state index in [0.717, 1.165) is 37.9 Å². The van der Waals surface area contributed by atoms with Gasteiger partial charge in [-0.1, -0.05) is 0 Å². The van der Waals surface area contributed by atoms with Crippen LogP contribution >= 0.6 is 0 Å². The Labute approximate surface area is 126 Å². The molecule has 0 bridgehead atoms. The molecule has 0 radical (unpaired) electrons. The zero-order valence-corrected chi connectivity index (χ0v) is 13.1. The number of H-pyrrole nitrogens is 1. The third-order valence-electron chi connectivity index (χ3n) is 3.53. The largest absolute Gasteiger partial charge is 0.444 e. The van der Waals surface area contributed by atoms with Crippen molar-refractivity contribution in [2.24, 2.45) is 0 Å². The molecule has 1 aromatic rings. The van der Waals surface area contributed by atoms with E-state index in [1.54, 1.807) is 6.20 Å². The van der Waals surface area contributed by atoms with Gasteiger partial charge in [0.05, 0.1) is 0 Å². The predicted molar refractivity (Wildman–Crippen MR) is 80.8 cm³/mol. The van der Waals surface area contributed by atoms with Gasteiger partial charge in [-0.05, 0) is 52.5 Å². The highest BCUT2D eigenvalue weighted by Gasteiger charge is 2.25. The number of rotatable bonds is 4. The van der Waals surface area contributed by atoms with Crippen molar-refractivity contribution < 1.29 is 9.53 Å². The molecule has 6 nitrogen and oxygen atoms in total.